The van der Waals surface area contributed by atoms with Crippen molar-refractivity contribution < 1.29 is 18.7 Å². The van der Waals surface area contributed by atoms with Crippen LogP contribution in [-0.2, 0) is 9.53 Å². The van der Waals surface area contributed by atoms with Crippen LogP contribution < -0.4 is 10.1 Å². The molecule has 4 rings (SSSR count). The molecule has 2 aliphatic rings. The van der Waals surface area contributed by atoms with E-state index in [0.717, 1.165) is 38.4 Å². The van der Waals surface area contributed by atoms with Crippen LogP contribution in [0.5, 0.6) is 5.88 Å². The lowest BCUT2D eigenvalue weighted by atomic mass is 9.78. The summed E-state index contributed by atoms with van der Waals surface area (Å²) < 4.78 is 26.4. The fourth-order valence-electron chi connectivity index (χ4n) is 5.43. The first-order valence-electron chi connectivity index (χ1n) is 13.1. The van der Waals surface area contributed by atoms with E-state index in [-0.39, 0.29) is 30.5 Å². The van der Waals surface area contributed by atoms with Crippen LogP contribution in [0, 0.1) is 17.7 Å². The SMILES string of the molecule is COCC(c1cc(F)cnc1OC)n1cc(NC(=O)[C@H](C2CCC(C)CC2)N2C=CCN2C(C)C)cn1. The molecule has 1 aliphatic heterocycles. The van der Waals surface area contributed by atoms with Crippen LogP contribution in [0.4, 0.5) is 10.1 Å². The molecule has 9 nitrogen and oxygen atoms in total. The molecule has 1 unspecified atom stereocenters. The lowest BCUT2D eigenvalue weighted by molar-refractivity contribution is -0.131. The fraction of sp³-hybridized carbons (Fsp3) is 0.593. The molecule has 0 bridgehead atoms. The zero-order valence-electron chi connectivity index (χ0n) is 22.4. The molecule has 10 heteroatoms. The van der Waals surface area contributed by atoms with Crippen molar-refractivity contribution in [3.63, 3.8) is 0 Å². The lowest BCUT2D eigenvalue weighted by Crippen LogP contribution is -2.54. The second kappa shape index (κ2) is 12.0. The van der Waals surface area contributed by atoms with Gasteiger partial charge in [0.2, 0.25) is 11.8 Å². The summed E-state index contributed by atoms with van der Waals surface area (Å²) in [5.41, 5.74) is 1.08. The van der Waals surface area contributed by atoms with Crippen molar-refractivity contribution >= 4 is 11.6 Å². The molecule has 1 saturated carbocycles. The number of methoxy groups -OCH3 is 2. The second-order valence-corrected chi connectivity index (χ2v) is 10.4. The van der Waals surface area contributed by atoms with Gasteiger partial charge in [-0.3, -0.25) is 9.48 Å². The maximum Gasteiger partial charge on any atom is 0.249 e. The molecule has 2 aromatic heterocycles. The van der Waals surface area contributed by atoms with Gasteiger partial charge >= 0.3 is 0 Å². The number of aromatic nitrogens is 3. The van der Waals surface area contributed by atoms with Gasteiger partial charge < -0.3 is 19.8 Å². The van der Waals surface area contributed by atoms with Crippen molar-refractivity contribution in [2.45, 2.75) is 64.6 Å². The molecule has 0 saturated heterocycles. The average Bonchev–Trinajstić information content (AvgIpc) is 3.54. The van der Waals surface area contributed by atoms with Gasteiger partial charge in [-0.05, 0) is 44.6 Å². The molecule has 1 aliphatic carbocycles. The molecule has 1 amide bonds. The number of ether oxygens (including phenoxy) is 2. The monoisotopic (exact) mass is 514 g/mol. The Morgan fingerprint density at radius 3 is 2.65 bits per heavy atom. The number of halogens is 1. The van der Waals surface area contributed by atoms with Crippen molar-refractivity contribution in [2.75, 3.05) is 32.7 Å². The predicted molar refractivity (Wildman–Crippen MR) is 139 cm³/mol. The van der Waals surface area contributed by atoms with Gasteiger partial charge in [-0.2, -0.15) is 5.10 Å². The van der Waals surface area contributed by atoms with Gasteiger partial charge in [0, 0.05) is 37.7 Å². The standard InChI is InChI=1S/C27H39FN6O3/c1-18(2)33-11-6-12-34(33)25(20-9-7-19(3)8-10-20)26(35)31-22-15-30-32(16-22)24(17-36-4)23-13-21(28)14-29-27(23)37-5/h6,12-16,18-20,24-25H,7-11,17H2,1-5H3,(H,31,35)/t19?,20?,24?,25-/m0/s1. The zero-order chi connectivity index (χ0) is 26.5. The van der Waals surface area contributed by atoms with Crippen LogP contribution in [-0.4, -0.2) is 70.1 Å². The molecule has 1 N–H and O–H groups in total. The van der Waals surface area contributed by atoms with Gasteiger partial charge in [0.25, 0.3) is 0 Å². The summed E-state index contributed by atoms with van der Waals surface area (Å²) in [7, 11) is 3.06. The van der Waals surface area contributed by atoms with Crippen LogP contribution in [0.15, 0.2) is 36.9 Å². The molecule has 0 aromatic carbocycles. The number of rotatable bonds is 10. The minimum atomic E-state index is -0.484. The Morgan fingerprint density at radius 2 is 1.97 bits per heavy atom. The maximum absolute atomic E-state index is 14.0. The summed E-state index contributed by atoms with van der Waals surface area (Å²) in [6.07, 6.45) is 12.9. The van der Waals surface area contributed by atoms with E-state index < -0.39 is 11.9 Å². The number of carbonyl (C=O) groups excluding carboxylic acids is 1. The third kappa shape index (κ3) is 6.13. The quantitative estimate of drug-likeness (QED) is 0.507. The van der Waals surface area contributed by atoms with Crippen LogP contribution in [0.2, 0.25) is 0 Å². The fourth-order valence-corrected chi connectivity index (χ4v) is 5.43. The Bertz CT molecular complexity index is 1080. The van der Waals surface area contributed by atoms with Crippen molar-refractivity contribution in [2.24, 2.45) is 11.8 Å². The smallest absolute Gasteiger partial charge is 0.249 e. The Morgan fingerprint density at radius 1 is 1.22 bits per heavy atom. The first-order chi connectivity index (χ1) is 17.8. The Balaban J connectivity index is 1.57. The predicted octanol–water partition coefficient (Wildman–Crippen LogP) is 4.25. The topological polar surface area (TPSA) is 84.7 Å². The van der Waals surface area contributed by atoms with Crippen LogP contribution in [0.25, 0.3) is 0 Å². The first-order valence-corrected chi connectivity index (χ1v) is 13.1. The maximum atomic E-state index is 14.0. The molecule has 0 radical (unpaired) electrons. The molecule has 37 heavy (non-hydrogen) atoms. The zero-order valence-corrected chi connectivity index (χ0v) is 22.4. The Kier molecular flexibility index (Phi) is 8.81. The summed E-state index contributed by atoms with van der Waals surface area (Å²) in [4.78, 5) is 17.9. The van der Waals surface area contributed by atoms with Gasteiger partial charge in [-0.25, -0.2) is 14.4 Å². The highest BCUT2D eigenvalue weighted by Gasteiger charge is 2.39. The van der Waals surface area contributed by atoms with Crippen molar-refractivity contribution in [3.05, 3.63) is 48.3 Å². The van der Waals surface area contributed by atoms with Gasteiger partial charge in [0.15, 0.2) is 0 Å². The molecule has 0 spiro atoms. The number of carbonyl (C=O) groups is 1. The minimum absolute atomic E-state index is 0.0513. The first kappa shape index (κ1) is 27.1. The van der Waals surface area contributed by atoms with E-state index in [1.807, 2.05) is 6.20 Å². The van der Waals surface area contributed by atoms with E-state index >= 15 is 0 Å². The van der Waals surface area contributed by atoms with E-state index in [1.165, 1.54) is 13.2 Å². The highest BCUT2D eigenvalue weighted by atomic mass is 19.1. The number of nitrogens with zero attached hydrogens (tertiary/aromatic N) is 5. The van der Waals surface area contributed by atoms with E-state index in [2.05, 4.69) is 52.3 Å². The summed E-state index contributed by atoms with van der Waals surface area (Å²) in [5, 5.41) is 11.9. The number of anilines is 1. The number of hydrogen-bond acceptors (Lipinski definition) is 7. The second-order valence-electron chi connectivity index (χ2n) is 10.4. The van der Waals surface area contributed by atoms with E-state index in [1.54, 1.807) is 24.2 Å². The molecule has 202 valence electrons. The van der Waals surface area contributed by atoms with Crippen molar-refractivity contribution in [1.82, 2.24) is 24.8 Å². The molecule has 2 atom stereocenters. The number of hydrogen-bond donors (Lipinski definition) is 1. The molecular formula is C27H39FN6O3. The number of hydrazine groups is 1. The normalized spacial score (nSPS) is 21.9. The van der Waals surface area contributed by atoms with Crippen LogP contribution >= 0.6 is 0 Å². The van der Waals surface area contributed by atoms with Gasteiger partial charge in [-0.1, -0.05) is 25.8 Å². The van der Waals surface area contributed by atoms with Crippen LogP contribution in [0.1, 0.15) is 58.1 Å². The van der Waals surface area contributed by atoms with Gasteiger partial charge in [-0.15, -0.1) is 0 Å². The van der Waals surface area contributed by atoms with Crippen LogP contribution in [0.3, 0.4) is 0 Å². The Labute approximate surface area is 218 Å². The van der Waals surface area contributed by atoms with Crippen molar-refractivity contribution in [1.29, 1.82) is 0 Å². The summed E-state index contributed by atoms with van der Waals surface area (Å²) in [5.74, 6) is 0.727. The summed E-state index contributed by atoms with van der Waals surface area (Å²) in [6, 6.07) is 0.859. The summed E-state index contributed by atoms with van der Waals surface area (Å²) >= 11 is 0. The lowest BCUT2D eigenvalue weighted by Gasteiger charge is -2.42. The highest BCUT2D eigenvalue weighted by molar-refractivity contribution is 5.95. The average molecular weight is 515 g/mol. The number of nitrogens with one attached hydrogen (secondary N) is 1. The molecule has 2 aromatic rings. The van der Waals surface area contributed by atoms with Gasteiger partial charge in [0.05, 0.1) is 31.8 Å². The van der Waals surface area contributed by atoms with E-state index in [9.17, 15) is 9.18 Å². The number of amides is 1. The number of pyridine rings is 1. The molecule has 3 heterocycles. The summed E-state index contributed by atoms with van der Waals surface area (Å²) in [6.45, 7) is 7.60. The van der Waals surface area contributed by atoms with E-state index in [4.69, 9.17) is 9.47 Å². The van der Waals surface area contributed by atoms with E-state index in [0.29, 0.717) is 23.0 Å². The molecular weight excluding hydrogens is 475 g/mol. The largest absolute Gasteiger partial charge is 0.481 e. The molecule has 1 fully saturated rings. The highest BCUT2D eigenvalue weighted by Crippen LogP contribution is 2.35. The minimum Gasteiger partial charge on any atom is -0.481 e. The third-order valence-electron chi connectivity index (χ3n) is 7.41. The van der Waals surface area contributed by atoms with Gasteiger partial charge in [0.1, 0.15) is 17.9 Å². The van der Waals surface area contributed by atoms with Crippen molar-refractivity contribution in [3.8, 4) is 5.88 Å². The Hall–Kier alpha value is -2.98. The third-order valence-corrected chi connectivity index (χ3v) is 7.41.